The van der Waals surface area contributed by atoms with Gasteiger partial charge in [0.2, 0.25) is 11.8 Å². The van der Waals surface area contributed by atoms with Crippen LogP contribution in [0.15, 0.2) is 0 Å². The highest BCUT2D eigenvalue weighted by Crippen LogP contribution is 2.20. The Morgan fingerprint density at radius 3 is 2.21 bits per heavy atom. The number of nitrogens with one attached hydrogen (secondary N) is 1. The summed E-state index contributed by atoms with van der Waals surface area (Å²) < 4.78 is 0. The van der Waals surface area contributed by atoms with Crippen molar-refractivity contribution in [2.24, 2.45) is 5.73 Å². The molecule has 112 valence electrons. The number of halogens is 1. The predicted molar refractivity (Wildman–Crippen MR) is 78.2 cm³/mol. The van der Waals surface area contributed by atoms with Crippen LogP contribution in [0.4, 0.5) is 0 Å². The lowest BCUT2D eigenvalue weighted by Gasteiger charge is -2.29. The number of carbonyl (C=O) groups is 2. The summed E-state index contributed by atoms with van der Waals surface area (Å²) in [5.41, 5.74) is 5.18. The quantitative estimate of drug-likeness (QED) is 0.813. The van der Waals surface area contributed by atoms with Crippen LogP contribution in [0.5, 0.6) is 0 Å². The normalized spacial score (nSPS) is 16.7. The van der Waals surface area contributed by atoms with Crippen molar-refractivity contribution in [3.05, 3.63) is 0 Å². The molecule has 2 amide bonds. The lowest BCUT2D eigenvalue weighted by atomic mass is 9.96. The molecule has 0 bridgehead atoms. The second kappa shape index (κ2) is 10.0. The topological polar surface area (TPSA) is 75.4 Å². The molecule has 6 heteroatoms. The van der Waals surface area contributed by atoms with Gasteiger partial charge in [-0.15, -0.1) is 12.4 Å². The molecule has 3 N–H and O–H groups in total. The number of hydrogen-bond acceptors (Lipinski definition) is 3. The molecule has 0 aromatic heterocycles. The molecule has 0 heterocycles. The van der Waals surface area contributed by atoms with Gasteiger partial charge in [-0.1, -0.05) is 32.1 Å². The molecule has 0 spiro atoms. The van der Waals surface area contributed by atoms with Gasteiger partial charge < -0.3 is 16.0 Å². The van der Waals surface area contributed by atoms with E-state index < -0.39 is 0 Å². The Morgan fingerprint density at radius 1 is 1.16 bits per heavy atom. The lowest BCUT2D eigenvalue weighted by molar-refractivity contribution is -0.133. The highest BCUT2D eigenvalue weighted by Gasteiger charge is 2.20. The van der Waals surface area contributed by atoms with Crippen LogP contribution in [0.3, 0.4) is 0 Å². The fourth-order valence-electron chi connectivity index (χ4n) is 2.40. The first-order chi connectivity index (χ1) is 8.65. The molecule has 1 aliphatic carbocycles. The first-order valence-electron chi connectivity index (χ1n) is 6.87. The fraction of sp³-hybridized carbons (Fsp3) is 0.846. The van der Waals surface area contributed by atoms with E-state index in [1.54, 1.807) is 4.90 Å². The standard InChI is InChI=1S/C13H25N3O2.ClH/c1-16(13(18)10-15-12(17)9-14)11-7-5-3-2-4-6-8-11;/h11H,2-10,14H2,1H3,(H,15,17);1H. The molecule has 0 aromatic carbocycles. The summed E-state index contributed by atoms with van der Waals surface area (Å²) in [4.78, 5) is 24.7. The summed E-state index contributed by atoms with van der Waals surface area (Å²) in [7, 11) is 1.84. The first kappa shape index (κ1) is 18.2. The summed E-state index contributed by atoms with van der Waals surface area (Å²) in [6, 6.07) is 0.326. The average molecular weight is 292 g/mol. The van der Waals surface area contributed by atoms with E-state index in [1.165, 1.54) is 32.1 Å². The van der Waals surface area contributed by atoms with E-state index in [0.29, 0.717) is 6.04 Å². The molecule has 1 rings (SSSR count). The van der Waals surface area contributed by atoms with E-state index >= 15 is 0 Å². The minimum atomic E-state index is -0.283. The molecule has 0 aliphatic heterocycles. The van der Waals surface area contributed by atoms with Crippen molar-refractivity contribution < 1.29 is 9.59 Å². The average Bonchev–Trinajstić information content (AvgIpc) is 2.34. The molecule has 5 nitrogen and oxygen atoms in total. The van der Waals surface area contributed by atoms with Crippen LogP contribution in [0.2, 0.25) is 0 Å². The van der Waals surface area contributed by atoms with Gasteiger partial charge in [0.1, 0.15) is 0 Å². The van der Waals surface area contributed by atoms with Gasteiger partial charge in [0.05, 0.1) is 13.1 Å². The Bertz CT molecular complexity index is 279. The van der Waals surface area contributed by atoms with Crippen LogP contribution in [-0.2, 0) is 9.59 Å². The number of amides is 2. The third-order valence-electron chi connectivity index (χ3n) is 3.64. The van der Waals surface area contributed by atoms with Crippen molar-refractivity contribution in [3.63, 3.8) is 0 Å². The van der Waals surface area contributed by atoms with Crippen molar-refractivity contribution in [1.82, 2.24) is 10.2 Å². The molecule has 1 aliphatic rings. The maximum atomic E-state index is 11.9. The highest BCUT2D eigenvalue weighted by atomic mass is 35.5. The Labute approximate surface area is 121 Å². The summed E-state index contributed by atoms with van der Waals surface area (Å²) in [5, 5.41) is 2.52. The number of hydrogen-bond donors (Lipinski definition) is 2. The molecule has 0 radical (unpaired) electrons. The number of carbonyl (C=O) groups excluding carboxylic acids is 2. The molecule has 0 aromatic rings. The molecule has 1 saturated carbocycles. The third kappa shape index (κ3) is 6.78. The Balaban J connectivity index is 0.00000324. The van der Waals surface area contributed by atoms with E-state index in [9.17, 15) is 9.59 Å². The van der Waals surface area contributed by atoms with Crippen LogP contribution < -0.4 is 11.1 Å². The molecular weight excluding hydrogens is 266 g/mol. The van der Waals surface area contributed by atoms with Gasteiger partial charge >= 0.3 is 0 Å². The van der Waals surface area contributed by atoms with Crippen molar-refractivity contribution in [2.45, 2.75) is 51.0 Å². The van der Waals surface area contributed by atoms with Crippen LogP contribution in [0.1, 0.15) is 44.9 Å². The van der Waals surface area contributed by atoms with Crippen LogP contribution in [-0.4, -0.2) is 42.9 Å². The Kier molecular flexibility index (Phi) is 9.61. The second-order valence-electron chi connectivity index (χ2n) is 4.98. The van der Waals surface area contributed by atoms with Crippen molar-refractivity contribution >= 4 is 24.2 Å². The van der Waals surface area contributed by atoms with Gasteiger partial charge in [-0.2, -0.15) is 0 Å². The zero-order valence-corrected chi connectivity index (χ0v) is 12.5. The molecule has 19 heavy (non-hydrogen) atoms. The molecule has 0 atom stereocenters. The monoisotopic (exact) mass is 291 g/mol. The Morgan fingerprint density at radius 2 is 1.68 bits per heavy atom. The third-order valence-corrected chi connectivity index (χ3v) is 3.64. The predicted octanol–water partition coefficient (Wildman–Crippen LogP) is 1.05. The summed E-state index contributed by atoms with van der Waals surface area (Å²) >= 11 is 0. The van der Waals surface area contributed by atoms with Crippen molar-refractivity contribution in [3.8, 4) is 0 Å². The second-order valence-corrected chi connectivity index (χ2v) is 4.98. The van der Waals surface area contributed by atoms with Crippen LogP contribution in [0.25, 0.3) is 0 Å². The van der Waals surface area contributed by atoms with Gasteiger partial charge in [-0.05, 0) is 12.8 Å². The van der Waals surface area contributed by atoms with Crippen molar-refractivity contribution in [1.29, 1.82) is 0 Å². The fourth-order valence-corrected chi connectivity index (χ4v) is 2.40. The van der Waals surface area contributed by atoms with Crippen molar-refractivity contribution in [2.75, 3.05) is 20.1 Å². The minimum absolute atomic E-state index is 0. The molecule has 1 fully saturated rings. The number of likely N-dealkylation sites (N-methyl/N-ethyl adjacent to an activating group) is 1. The van der Waals surface area contributed by atoms with Gasteiger partial charge in [0, 0.05) is 13.1 Å². The largest absolute Gasteiger partial charge is 0.346 e. The molecular formula is C13H26ClN3O2. The zero-order valence-electron chi connectivity index (χ0n) is 11.7. The van der Waals surface area contributed by atoms with E-state index in [2.05, 4.69) is 5.32 Å². The van der Waals surface area contributed by atoms with E-state index in [0.717, 1.165) is 12.8 Å². The maximum Gasteiger partial charge on any atom is 0.241 e. The zero-order chi connectivity index (χ0) is 13.4. The number of nitrogens with two attached hydrogens (primary N) is 1. The molecule has 0 saturated heterocycles. The van der Waals surface area contributed by atoms with Gasteiger partial charge in [0.15, 0.2) is 0 Å². The smallest absolute Gasteiger partial charge is 0.241 e. The number of rotatable bonds is 4. The highest BCUT2D eigenvalue weighted by molar-refractivity contribution is 5.85. The van der Waals surface area contributed by atoms with Gasteiger partial charge in [0.25, 0.3) is 0 Å². The summed E-state index contributed by atoms with van der Waals surface area (Å²) in [5.74, 6) is -0.309. The Hall–Kier alpha value is -0.810. The number of nitrogens with zero attached hydrogens (tertiary/aromatic N) is 1. The van der Waals surface area contributed by atoms with Gasteiger partial charge in [-0.3, -0.25) is 9.59 Å². The lowest BCUT2D eigenvalue weighted by Crippen LogP contribution is -2.44. The minimum Gasteiger partial charge on any atom is -0.346 e. The van der Waals surface area contributed by atoms with E-state index in [4.69, 9.17) is 5.73 Å². The molecule has 0 unspecified atom stereocenters. The van der Waals surface area contributed by atoms with Crippen LogP contribution in [0, 0.1) is 0 Å². The van der Waals surface area contributed by atoms with E-state index in [-0.39, 0.29) is 37.3 Å². The summed E-state index contributed by atoms with van der Waals surface area (Å²) in [6.07, 6.45) is 8.39. The summed E-state index contributed by atoms with van der Waals surface area (Å²) in [6.45, 7) is -0.0105. The SMILES string of the molecule is CN(C(=O)CNC(=O)CN)C1CCCCCCC1.Cl. The first-order valence-corrected chi connectivity index (χ1v) is 6.87. The van der Waals surface area contributed by atoms with Crippen LogP contribution >= 0.6 is 12.4 Å². The van der Waals surface area contributed by atoms with E-state index in [1.807, 2.05) is 7.05 Å². The maximum absolute atomic E-state index is 11.9. The van der Waals surface area contributed by atoms with Gasteiger partial charge in [-0.25, -0.2) is 0 Å².